The average Bonchev–Trinajstić information content (AvgIpc) is 2.95. The monoisotopic (exact) mass is 251 g/mol. The van der Waals surface area contributed by atoms with Gasteiger partial charge in [-0.25, -0.2) is 4.98 Å². The molecule has 0 amide bonds. The van der Waals surface area contributed by atoms with Crippen LogP contribution in [-0.2, 0) is 13.0 Å². The highest BCUT2D eigenvalue weighted by molar-refractivity contribution is 7.09. The average molecular weight is 251 g/mol. The first kappa shape index (κ1) is 12.2. The van der Waals surface area contributed by atoms with Gasteiger partial charge in [-0.15, -0.1) is 11.3 Å². The maximum Gasteiger partial charge on any atom is 0.0798 e. The van der Waals surface area contributed by atoms with Crippen LogP contribution in [0.25, 0.3) is 0 Å². The Morgan fingerprint density at radius 2 is 2.41 bits per heavy atom. The van der Waals surface area contributed by atoms with Crippen LogP contribution in [0.15, 0.2) is 17.9 Å². The first-order valence-electron chi connectivity index (χ1n) is 5.62. The molecule has 2 rings (SSSR count). The lowest BCUT2D eigenvalue weighted by Crippen LogP contribution is -2.29. The minimum Gasteiger partial charge on any atom is -0.273 e. The second-order valence-electron chi connectivity index (χ2n) is 3.93. The lowest BCUT2D eigenvalue weighted by atomic mass is 10.1. The first-order valence-corrected chi connectivity index (χ1v) is 6.50. The highest BCUT2D eigenvalue weighted by atomic mass is 32.1. The van der Waals surface area contributed by atoms with E-state index in [2.05, 4.69) is 28.6 Å². The van der Waals surface area contributed by atoms with Crippen molar-refractivity contribution in [2.75, 3.05) is 0 Å². The molecule has 0 bridgehead atoms. The maximum absolute atomic E-state index is 5.62. The second-order valence-corrected chi connectivity index (χ2v) is 4.82. The second kappa shape index (κ2) is 5.39. The van der Waals surface area contributed by atoms with Crippen LogP contribution >= 0.6 is 11.3 Å². The molecule has 2 aromatic heterocycles. The number of rotatable bonds is 5. The quantitative estimate of drug-likeness (QED) is 0.623. The fraction of sp³-hybridized carbons (Fsp3) is 0.455. The number of nitrogens with two attached hydrogens (primary N) is 1. The minimum absolute atomic E-state index is 0.108. The zero-order valence-electron chi connectivity index (χ0n) is 10.1. The molecule has 0 fully saturated rings. The van der Waals surface area contributed by atoms with Crippen molar-refractivity contribution in [2.24, 2.45) is 5.84 Å². The summed E-state index contributed by atoms with van der Waals surface area (Å²) in [6, 6.07) is 0.108. The number of nitrogens with zero attached hydrogens (tertiary/aromatic N) is 3. The Morgan fingerprint density at radius 3 is 2.94 bits per heavy atom. The highest BCUT2D eigenvalue weighted by Crippen LogP contribution is 2.24. The van der Waals surface area contributed by atoms with Gasteiger partial charge in [-0.1, -0.05) is 0 Å². The van der Waals surface area contributed by atoms with Crippen LogP contribution in [0.1, 0.15) is 29.1 Å². The van der Waals surface area contributed by atoms with Crippen LogP contribution in [0.5, 0.6) is 0 Å². The largest absolute Gasteiger partial charge is 0.273 e. The molecule has 5 nitrogen and oxygen atoms in total. The maximum atomic E-state index is 5.62. The van der Waals surface area contributed by atoms with Crippen LogP contribution in [0.4, 0.5) is 0 Å². The third-order valence-corrected chi connectivity index (χ3v) is 3.80. The van der Waals surface area contributed by atoms with Gasteiger partial charge in [0.25, 0.3) is 0 Å². The van der Waals surface area contributed by atoms with Crippen molar-refractivity contribution < 1.29 is 0 Å². The van der Waals surface area contributed by atoms with Gasteiger partial charge in [0.05, 0.1) is 23.4 Å². The fourth-order valence-corrected chi connectivity index (χ4v) is 2.66. The Kier molecular flexibility index (Phi) is 3.88. The Hall–Kier alpha value is -1.24. The third kappa shape index (κ3) is 2.71. The minimum atomic E-state index is 0.108. The van der Waals surface area contributed by atoms with Gasteiger partial charge in [0.1, 0.15) is 0 Å². The molecular formula is C11H17N5S. The van der Waals surface area contributed by atoms with Crippen molar-refractivity contribution in [3.8, 4) is 0 Å². The van der Waals surface area contributed by atoms with Gasteiger partial charge in [-0.3, -0.25) is 16.0 Å². The number of aromatic nitrogens is 3. The summed E-state index contributed by atoms with van der Waals surface area (Å²) in [4.78, 5) is 5.44. The predicted molar refractivity (Wildman–Crippen MR) is 68.5 cm³/mol. The molecular weight excluding hydrogens is 234 g/mol. The molecule has 92 valence electrons. The topological polar surface area (TPSA) is 68.8 Å². The molecule has 0 saturated heterocycles. The van der Waals surface area contributed by atoms with Crippen molar-refractivity contribution in [1.29, 1.82) is 0 Å². The number of aryl methyl sites for hydroxylation is 2. The van der Waals surface area contributed by atoms with E-state index in [1.807, 2.05) is 23.3 Å². The molecule has 3 N–H and O–H groups in total. The van der Waals surface area contributed by atoms with Crippen LogP contribution in [0.2, 0.25) is 0 Å². The molecule has 0 saturated carbocycles. The number of hydrogen-bond donors (Lipinski definition) is 2. The smallest absolute Gasteiger partial charge is 0.0798 e. The van der Waals surface area contributed by atoms with E-state index < -0.39 is 0 Å². The van der Waals surface area contributed by atoms with E-state index in [1.165, 1.54) is 10.4 Å². The first-order chi connectivity index (χ1) is 8.24. The van der Waals surface area contributed by atoms with Crippen molar-refractivity contribution in [3.05, 3.63) is 34.0 Å². The Balaban J connectivity index is 2.12. The normalized spacial score (nSPS) is 12.9. The summed E-state index contributed by atoms with van der Waals surface area (Å²) in [5.74, 6) is 5.62. The van der Waals surface area contributed by atoms with Crippen molar-refractivity contribution in [2.45, 2.75) is 32.9 Å². The van der Waals surface area contributed by atoms with Gasteiger partial charge < -0.3 is 0 Å². The van der Waals surface area contributed by atoms with E-state index in [1.54, 1.807) is 11.3 Å². The molecule has 0 aliphatic carbocycles. The van der Waals surface area contributed by atoms with Gasteiger partial charge in [-0.2, -0.15) is 5.10 Å². The van der Waals surface area contributed by atoms with Gasteiger partial charge >= 0.3 is 0 Å². The van der Waals surface area contributed by atoms with Crippen LogP contribution in [-0.4, -0.2) is 14.8 Å². The van der Waals surface area contributed by atoms with Crippen LogP contribution in [0.3, 0.4) is 0 Å². The molecule has 0 aliphatic rings. The zero-order chi connectivity index (χ0) is 12.3. The van der Waals surface area contributed by atoms with Gasteiger partial charge in [0.15, 0.2) is 0 Å². The van der Waals surface area contributed by atoms with Gasteiger partial charge in [0, 0.05) is 17.6 Å². The van der Waals surface area contributed by atoms with E-state index in [0.29, 0.717) is 0 Å². The summed E-state index contributed by atoms with van der Waals surface area (Å²) >= 11 is 1.63. The molecule has 0 radical (unpaired) electrons. The molecule has 17 heavy (non-hydrogen) atoms. The SMILES string of the molecule is CCn1cc(CC(NN)c2scnc2C)cn1. The molecule has 6 heteroatoms. The summed E-state index contributed by atoms with van der Waals surface area (Å²) in [5, 5.41) is 4.26. The Bertz CT molecular complexity index is 476. The third-order valence-electron chi connectivity index (χ3n) is 2.75. The molecule has 0 aromatic carbocycles. The van der Waals surface area contributed by atoms with Crippen LogP contribution < -0.4 is 11.3 Å². The number of hydrazine groups is 1. The molecule has 2 heterocycles. The Morgan fingerprint density at radius 1 is 1.59 bits per heavy atom. The summed E-state index contributed by atoms with van der Waals surface area (Å²) < 4.78 is 1.92. The van der Waals surface area contributed by atoms with E-state index in [4.69, 9.17) is 5.84 Å². The lowest BCUT2D eigenvalue weighted by molar-refractivity contribution is 0.556. The van der Waals surface area contributed by atoms with E-state index >= 15 is 0 Å². The van der Waals surface area contributed by atoms with Crippen molar-refractivity contribution in [3.63, 3.8) is 0 Å². The fourth-order valence-electron chi connectivity index (χ4n) is 1.79. The number of nitrogens with one attached hydrogen (secondary N) is 1. The summed E-state index contributed by atoms with van der Waals surface area (Å²) in [6.45, 7) is 4.97. The molecule has 0 aliphatic heterocycles. The van der Waals surface area contributed by atoms with Gasteiger partial charge in [0.2, 0.25) is 0 Å². The standard InChI is InChI=1S/C11H17N5S/c1-3-16-6-9(5-14-16)4-10(15-12)11-8(2)13-7-17-11/h5-7,10,15H,3-4,12H2,1-2H3. The Labute approximate surface area is 105 Å². The summed E-state index contributed by atoms with van der Waals surface area (Å²) in [6.07, 6.45) is 4.78. The van der Waals surface area contributed by atoms with E-state index in [-0.39, 0.29) is 6.04 Å². The molecule has 0 spiro atoms. The summed E-state index contributed by atoms with van der Waals surface area (Å²) in [7, 11) is 0. The molecule has 1 unspecified atom stereocenters. The number of thiazole rings is 1. The molecule has 2 aromatic rings. The lowest BCUT2D eigenvalue weighted by Gasteiger charge is -2.13. The van der Waals surface area contributed by atoms with E-state index in [0.717, 1.165) is 18.7 Å². The highest BCUT2D eigenvalue weighted by Gasteiger charge is 2.16. The predicted octanol–water partition coefficient (Wildman–Crippen LogP) is 1.42. The number of hydrogen-bond acceptors (Lipinski definition) is 5. The summed E-state index contributed by atoms with van der Waals surface area (Å²) in [5.41, 5.74) is 6.93. The van der Waals surface area contributed by atoms with Crippen LogP contribution in [0, 0.1) is 6.92 Å². The zero-order valence-corrected chi connectivity index (χ0v) is 10.9. The van der Waals surface area contributed by atoms with Crippen molar-refractivity contribution in [1.82, 2.24) is 20.2 Å². The molecule has 1 atom stereocenters. The van der Waals surface area contributed by atoms with Crippen molar-refractivity contribution >= 4 is 11.3 Å². The van der Waals surface area contributed by atoms with E-state index in [9.17, 15) is 0 Å². The van der Waals surface area contributed by atoms with Gasteiger partial charge in [-0.05, 0) is 25.8 Å².